The molecule has 12 heavy (non-hydrogen) atoms. The van der Waals surface area contributed by atoms with E-state index in [0.29, 0.717) is 5.78 Å². The lowest BCUT2D eigenvalue weighted by Crippen LogP contribution is -2.26. The van der Waals surface area contributed by atoms with E-state index in [4.69, 9.17) is 0 Å². The summed E-state index contributed by atoms with van der Waals surface area (Å²) in [6.07, 6.45) is 3.11. The zero-order chi connectivity index (χ0) is 9.35. The summed E-state index contributed by atoms with van der Waals surface area (Å²) in [6, 6.07) is 0. The van der Waals surface area contributed by atoms with E-state index in [-0.39, 0.29) is 5.41 Å². The predicted molar refractivity (Wildman–Crippen MR) is 51.0 cm³/mol. The Hall–Kier alpha value is -0.590. The van der Waals surface area contributed by atoms with Crippen LogP contribution in [0.15, 0.2) is 11.1 Å². The highest BCUT2D eigenvalue weighted by atomic mass is 16.1. The van der Waals surface area contributed by atoms with E-state index in [2.05, 4.69) is 20.8 Å². The molecule has 68 valence electrons. The van der Waals surface area contributed by atoms with Gasteiger partial charge < -0.3 is 0 Å². The van der Waals surface area contributed by atoms with Crippen molar-refractivity contribution >= 4 is 5.78 Å². The van der Waals surface area contributed by atoms with E-state index in [9.17, 15) is 4.79 Å². The normalized spacial score (nSPS) is 29.7. The highest BCUT2D eigenvalue weighted by Crippen LogP contribution is 2.45. The molecule has 0 aromatic rings. The predicted octanol–water partition coefficient (Wildman–Crippen LogP) is 3.10. The zero-order valence-corrected chi connectivity index (χ0v) is 8.53. The van der Waals surface area contributed by atoms with Crippen LogP contribution in [-0.2, 0) is 4.79 Å². The van der Waals surface area contributed by atoms with Gasteiger partial charge in [-0.1, -0.05) is 18.1 Å². The van der Waals surface area contributed by atoms with Gasteiger partial charge in [0.15, 0.2) is 0 Å². The average molecular weight is 166 g/mol. The number of carbonyl (C=O) groups excluding carboxylic acids is 1. The third-order valence-electron chi connectivity index (χ3n) is 3.56. The van der Waals surface area contributed by atoms with Crippen LogP contribution in [0, 0.1) is 5.41 Å². The van der Waals surface area contributed by atoms with Crippen molar-refractivity contribution in [3.63, 3.8) is 0 Å². The van der Waals surface area contributed by atoms with Crippen LogP contribution in [0.3, 0.4) is 0 Å². The lowest BCUT2D eigenvalue weighted by atomic mass is 9.76. The molecule has 1 aliphatic carbocycles. The molecule has 0 saturated carbocycles. The van der Waals surface area contributed by atoms with Crippen molar-refractivity contribution < 1.29 is 4.79 Å². The van der Waals surface area contributed by atoms with Crippen LogP contribution in [0.25, 0.3) is 0 Å². The van der Waals surface area contributed by atoms with Crippen molar-refractivity contribution in [3.8, 4) is 0 Å². The van der Waals surface area contributed by atoms with Gasteiger partial charge in [0.1, 0.15) is 5.78 Å². The quantitative estimate of drug-likeness (QED) is 0.576. The molecule has 0 N–H and O–H groups in total. The third kappa shape index (κ3) is 1.12. The van der Waals surface area contributed by atoms with Gasteiger partial charge in [0.2, 0.25) is 0 Å². The van der Waals surface area contributed by atoms with Gasteiger partial charge in [0.25, 0.3) is 0 Å². The molecule has 0 amide bonds. The molecular formula is C11H18O. The number of hydrogen-bond acceptors (Lipinski definition) is 1. The van der Waals surface area contributed by atoms with E-state index in [1.165, 1.54) is 11.1 Å². The molecule has 1 unspecified atom stereocenters. The number of rotatable bonds is 2. The number of allylic oxidation sites excluding steroid dienone is 2. The van der Waals surface area contributed by atoms with Gasteiger partial charge in [-0.15, -0.1) is 0 Å². The van der Waals surface area contributed by atoms with E-state index >= 15 is 0 Å². The first-order valence-electron chi connectivity index (χ1n) is 4.72. The monoisotopic (exact) mass is 166 g/mol. The minimum Gasteiger partial charge on any atom is -0.299 e. The van der Waals surface area contributed by atoms with Crippen LogP contribution in [-0.4, -0.2) is 5.78 Å². The van der Waals surface area contributed by atoms with Crippen molar-refractivity contribution in [1.29, 1.82) is 0 Å². The molecule has 1 nitrogen and oxygen atoms in total. The van der Waals surface area contributed by atoms with Gasteiger partial charge in [0, 0.05) is 5.41 Å². The lowest BCUT2D eigenvalue weighted by Gasteiger charge is -2.26. The van der Waals surface area contributed by atoms with Crippen LogP contribution in [0.4, 0.5) is 0 Å². The van der Waals surface area contributed by atoms with Crippen molar-refractivity contribution in [2.45, 2.75) is 47.0 Å². The molecule has 0 saturated heterocycles. The van der Waals surface area contributed by atoms with E-state index in [1.807, 2.05) is 0 Å². The maximum atomic E-state index is 11.5. The maximum Gasteiger partial charge on any atom is 0.139 e. The van der Waals surface area contributed by atoms with Crippen molar-refractivity contribution in [3.05, 3.63) is 11.1 Å². The second-order valence-corrected chi connectivity index (χ2v) is 3.90. The molecule has 0 fully saturated rings. The first-order valence-corrected chi connectivity index (χ1v) is 4.72. The Labute approximate surface area is 74.9 Å². The molecule has 0 heterocycles. The van der Waals surface area contributed by atoms with Crippen molar-refractivity contribution in [2.24, 2.45) is 5.41 Å². The molecule has 1 heteroatoms. The molecule has 0 aliphatic heterocycles. The number of Topliss-reactive ketones (excluding diaryl/α,β-unsaturated/α-hetero) is 1. The topological polar surface area (TPSA) is 17.1 Å². The fraction of sp³-hybridized carbons (Fsp3) is 0.727. The molecule has 0 aromatic heterocycles. The summed E-state index contributed by atoms with van der Waals surface area (Å²) in [5, 5.41) is 0. The Morgan fingerprint density at radius 2 is 2.08 bits per heavy atom. The van der Waals surface area contributed by atoms with Gasteiger partial charge in [-0.25, -0.2) is 0 Å². The summed E-state index contributed by atoms with van der Waals surface area (Å²) >= 11 is 0. The summed E-state index contributed by atoms with van der Waals surface area (Å²) in [5.41, 5.74) is 2.66. The molecule has 0 bridgehead atoms. The number of hydrogen-bond donors (Lipinski definition) is 0. The maximum absolute atomic E-state index is 11.5. The SMILES string of the molecule is CCC1(C(C)=O)CCC(C)=C1C. The molecule has 1 rings (SSSR count). The second kappa shape index (κ2) is 3.04. The van der Waals surface area contributed by atoms with Crippen molar-refractivity contribution in [2.75, 3.05) is 0 Å². The molecular weight excluding hydrogens is 148 g/mol. The largest absolute Gasteiger partial charge is 0.299 e. The van der Waals surface area contributed by atoms with E-state index in [1.54, 1.807) is 6.92 Å². The fourth-order valence-corrected chi connectivity index (χ4v) is 2.32. The first-order chi connectivity index (χ1) is 5.54. The molecule has 1 atom stereocenters. The molecule has 0 aromatic carbocycles. The zero-order valence-electron chi connectivity index (χ0n) is 8.53. The first kappa shape index (κ1) is 9.50. The molecule has 0 spiro atoms. The number of ketones is 1. The highest BCUT2D eigenvalue weighted by molar-refractivity contribution is 5.86. The summed E-state index contributed by atoms with van der Waals surface area (Å²) in [7, 11) is 0. The summed E-state index contributed by atoms with van der Waals surface area (Å²) in [4.78, 5) is 11.5. The highest BCUT2D eigenvalue weighted by Gasteiger charge is 2.39. The summed E-state index contributed by atoms with van der Waals surface area (Å²) in [6.45, 7) is 8.11. The van der Waals surface area contributed by atoms with Crippen LogP contribution in [0.5, 0.6) is 0 Å². The van der Waals surface area contributed by atoms with E-state index in [0.717, 1.165) is 19.3 Å². The molecule has 0 radical (unpaired) electrons. The van der Waals surface area contributed by atoms with Crippen molar-refractivity contribution in [1.82, 2.24) is 0 Å². The third-order valence-corrected chi connectivity index (χ3v) is 3.56. The Kier molecular flexibility index (Phi) is 2.41. The lowest BCUT2D eigenvalue weighted by molar-refractivity contribution is -0.124. The van der Waals surface area contributed by atoms with Crippen LogP contribution >= 0.6 is 0 Å². The Morgan fingerprint density at radius 3 is 2.25 bits per heavy atom. The van der Waals surface area contributed by atoms with Crippen LogP contribution in [0.2, 0.25) is 0 Å². The minimum atomic E-state index is -0.0932. The number of carbonyl (C=O) groups is 1. The fourth-order valence-electron chi connectivity index (χ4n) is 2.32. The van der Waals surface area contributed by atoms with Gasteiger partial charge in [0.05, 0.1) is 0 Å². The second-order valence-electron chi connectivity index (χ2n) is 3.90. The summed E-state index contributed by atoms with van der Waals surface area (Å²) < 4.78 is 0. The van der Waals surface area contributed by atoms with Gasteiger partial charge in [-0.05, 0) is 40.0 Å². The van der Waals surface area contributed by atoms with Crippen LogP contribution in [0.1, 0.15) is 47.0 Å². The summed E-state index contributed by atoms with van der Waals surface area (Å²) in [5.74, 6) is 0.347. The minimum absolute atomic E-state index is 0.0932. The Bertz CT molecular complexity index is 237. The standard InChI is InChI=1S/C11H18O/c1-5-11(10(4)12)7-6-8(2)9(11)3/h5-7H2,1-4H3. The van der Waals surface area contributed by atoms with Gasteiger partial charge >= 0.3 is 0 Å². The van der Waals surface area contributed by atoms with Gasteiger partial charge in [-0.3, -0.25) is 4.79 Å². The van der Waals surface area contributed by atoms with E-state index < -0.39 is 0 Å². The van der Waals surface area contributed by atoms with Gasteiger partial charge in [-0.2, -0.15) is 0 Å². The smallest absolute Gasteiger partial charge is 0.139 e. The Morgan fingerprint density at radius 1 is 1.50 bits per heavy atom. The van der Waals surface area contributed by atoms with Crippen LogP contribution < -0.4 is 0 Å². The Balaban J connectivity index is 3.06. The average Bonchev–Trinajstić information content (AvgIpc) is 2.31. The molecule has 1 aliphatic rings.